The zero-order chi connectivity index (χ0) is 18.5. The van der Waals surface area contributed by atoms with E-state index in [0.29, 0.717) is 17.1 Å². The molecule has 1 aromatic carbocycles. The zero-order valence-electron chi connectivity index (χ0n) is 14.6. The molecule has 2 amide bonds. The summed E-state index contributed by atoms with van der Waals surface area (Å²) in [5.74, 6) is -0.718. The smallest absolute Gasteiger partial charge is 0.286 e. The molecule has 0 bridgehead atoms. The largest absolute Gasteiger partial charge is 0.333 e. The molecule has 0 radical (unpaired) electrons. The summed E-state index contributed by atoms with van der Waals surface area (Å²) in [4.78, 5) is 26.5. The molecule has 1 atom stereocenters. The van der Waals surface area contributed by atoms with Gasteiger partial charge in [-0.2, -0.15) is 0 Å². The highest BCUT2D eigenvalue weighted by atomic mass is 32.1. The van der Waals surface area contributed by atoms with Crippen LogP contribution in [0.15, 0.2) is 24.3 Å². The van der Waals surface area contributed by atoms with E-state index in [1.54, 1.807) is 6.07 Å². The molecular weight excluding hydrogens is 355 g/mol. The van der Waals surface area contributed by atoms with Crippen molar-refractivity contribution in [1.29, 1.82) is 0 Å². The Labute approximate surface area is 155 Å². The van der Waals surface area contributed by atoms with Crippen LogP contribution >= 0.6 is 11.3 Å². The van der Waals surface area contributed by atoms with Gasteiger partial charge in [0, 0.05) is 18.7 Å². The molecule has 1 N–H and O–H groups in total. The summed E-state index contributed by atoms with van der Waals surface area (Å²) in [6, 6.07) is 5.57. The number of likely N-dealkylation sites (tertiary alicyclic amines) is 1. The predicted octanol–water partition coefficient (Wildman–Crippen LogP) is 3.78. The molecular formula is C18H21FN4O2S. The van der Waals surface area contributed by atoms with Crippen LogP contribution in [0.3, 0.4) is 0 Å². The molecule has 1 aliphatic rings. The normalized spacial score (nSPS) is 16.7. The van der Waals surface area contributed by atoms with Crippen LogP contribution in [-0.4, -0.2) is 33.5 Å². The summed E-state index contributed by atoms with van der Waals surface area (Å²) in [7, 11) is 0. The molecule has 1 fully saturated rings. The minimum absolute atomic E-state index is 0.104. The van der Waals surface area contributed by atoms with E-state index in [1.807, 2.05) is 4.90 Å². The van der Waals surface area contributed by atoms with Gasteiger partial charge in [0.25, 0.3) is 5.91 Å². The molecule has 138 valence electrons. The van der Waals surface area contributed by atoms with Crippen molar-refractivity contribution in [3.8, 4) is 0 Å². The third-order valence-corrected chi connectivity index (χ3v) is 5.34. The van der Waals surface area contributed by atoms with Crippen molar-refractivity contribution in [2.24, 2.45) is 0 Å². The second kappa shape index (κ2) is 8.35. The maximum Gasteiger partial charge on any atom is 0.286 e. The van der Waals surface area contributed by atoms with Crippen molar-refractivity contribution in [1.82, 2.24) is 15.1 Å². The number of amides is 2. The maximum absolute atomic E-state index is 13.2. The van der Waals surface area contributed by atoms with Gasteiger partial charge in [-0.25, -0.2) is 4.39 Å². The van der Waals surface area contributed by atoms with Crippen molar-refractivity contribution < 1.29 is 14.0 Å². The van der Waals surface area contributed by atoms with E-state index in [0.717, 1.165) is 32.2 Å². The SMILES string of the molecule is CCCCC(=O)N1CCC[C@@H]1c1nnc(C(=O)Nc2cccc(F)c2)s1. The number of hydrogen-bond donors (Lipinski definition) is 1. The lowest BCUT2D eigenvalue weighted by Gasteiger charge is -2.22. The van der Waals surface area contributed by atoms with Crippen molar-refractivity contribution in [2.45, 2.75) is 45.1 Å². The molecule has 0 aliphatic carbocycles. The molecule has 26 heavy (non-hydrogen) atoms. The molecule has 2 heterocycles. The summed E-state index contributed by atoms with van der Waals surface area (Å²) in [5, 5.41) is 11.6. The Hall–Kier alpha value is -2.35. The summed E-state index contributed by atoms with van der Waals surface area (Å²) in [6.45, 7) is 2.78. The number of halogens is 1. The molecule has 1 saturated heterocycles. The highest BCUT2D eigenvalue weighted by Crippen LogP contribution is 2.34. The summed E-state index contributed by atoms with van der Waals surface area (Å²) in [5.41, 5.74) is 0.365. The van der Waals surface area contributed by atoms with Crippen LogP contribution in [0.1, 0.15) is 59.9 Å². The second-order valence-electron chi connectivity index (χ2n) is 6.26. The third kappa shape index (κ3) is 4.24. The van der Waals surface area contributed by atoms with E-state index < -0.39 is 11.7 Å². The third-order valence-electron chi connectivity index (χ3n) is 4.32. The molecule has 0 saturated carbocycles. The van der Waals surface area contributed by atoms with E-state index in [4.69, 9.17) is 0 Å². The summed E-state index contributed by atoms with van der Waals surface area (Å²) >= 11 is 1.18. The van der Waals surface area contributed by atoms with Crippen molar-refractivity contribution >= 4 is 28.8 Å². The van der Waals surface area contributed by atoms with E-state index in [-0.39, 0.29) is 17.0 Å². The Kier molecular flexibility index (Phi) is 5.92. The standard InChI is InChI=1S/C18H21FN4O2S/c1-2-3-9-15(24)23-10-5-8-14(23)17-21-22-18(26-17)16(25)20-13-7-4-6-12(19)11-13/h4,6-7,11,14H,2-3,5,8-10H2,1H3,(H,20,25)/t14-/m1/s1. The van der Waals surface area contributed by atoms with Gasteiger partial charge in [-0.05, 0) is 37.5 Å². The highest BCUT2D eigenvalue weighted by molar-refractivity contribution is 7.13. The Morgan fingerprint density at radius 1 is 1.38 bits per heavy atom. The number of benzene rings is 1. The number of carbonyl (C=O) groups excluding carboxylic acids is 2. The van der Waals surface area contributed by atoms with Gasteiger partial charge < -0.3 is 10.2 Å². The van der Waals surface area contributed by atoms with Crippen LogP contribution in [0.5, 0.6) is 0 Å². The van der Waals surface area contributed by atoms with Crippen LogP contribution in [0, 0.1) is 5.82 Å². The highest BCUT2D eigenvalue weighted by Gasteiger charge is 2.32. The lowest BCUT2D eigenvalue weighted by atomic mass is 10.2. The van der Waals surface area contributed by atoms with Gasteiger partial charge in [0.15, 0.2) is 0 Å². The molecule has 1 aliphatic heterocycles. The molecule has 0 unspecified atom stereocenters. The number of aromatic nitrogens is 2. The number of rotatable bonds is 6. The Bertz CT molecular complexity index is 795. The minimum Gasteiger partial charge on any atom is -0.333 e. The number of nitrogens with zero attached hydrogens (tertiary/aromatic N) is 3. The quantitative estimate of drug-likeness (QED) is 0.832. The topological polar surface area (TPSA) is 75.2 Å². The number of carbonyl (C=O) groups is 2. The second-order valence-corrected chi connectivity index (χ2v) is 7.27. The first-order chi connectivity index (χ1) is 12.6. The lowest BCUT2D eigenvalue weighted by Crippen LogP contribution is -2.30. The first kappa shape index (κ1) is 18.4. The van der Waals surface area contributed by atoms with Gasteiger partial charge in [0.2, 0.25) is 10.9 Å². The Balaban J connectivity index is 1.68. The maximum atomic E-state index is 13.2. The molecule has 1 aromatic heterocycles. The minimum atomic E-state index is -0.429. The van der Waals surface area contributed by atoms with Gasteiger partial charge in [0.05, 0.1) is 6.04 Å². The van der Waals surface area contributed by atoms with E-state index in [1.165, 1.54) is 29.5 Å². The van der Waals surface area contributed by atoms with Crippen LogP contribution in [0.4, 0.5) is 10.1 Å². The zero-order valence-corrected chi connectivity index (χ0v) is 15.4. The van der Waals surface area contributed by atoms with Gasteiger partial charge in [0.1, 0.15) is 10.8 Å². The average Bonchev–Trinajstić information content (AvgIpc) is 3.28. The van der Waals surface area contributed by atoms with Crippen molar-refractivity contribution in [3.05, 3.63) is 40.1 Å². The van der Waals surface area contributed by atoms with Crippen molar-refractivity contribution in [2.75, 3.05) is 11.9 Å². The summed E-state index contributed by atoms with van der Waals surface area (Å²) < 4.78 is 13.2. The van der Waals surface area contributed by atoms with Gasteiger partial charge in [-0.1, -0.05) is 30.7 Å². The van der Waals surface area contributed by atoms with Gasteiger partial charge in [-0.15, -0.1) is 10.2 Å². The first-order valence-corrected chi connectivity index (χ1v) is 9.60. The number of hydrogen-bond acceptors (Lipinski definition) is 5. The summed E-state index contributed by atoms with van der Waals surface area (Å²) in [6.07, 6.45) is 4.15. The number of unbranched alkanes of at least 4 members (excludes halogenated alkanes) is 1. The Morgan fingerprint density at radius 3 is 3.00 bits per heavy atom. The number of anilines is 1. The first-order valence-electron chi connectivity index (χ1n) is 8.78. The fourth-order valence-electron chi connectivity index (χ4n) is 3.01. The Morgan fingerprint density at radius 2 is 2.23 bits per heavy atom. The van der Waals surface area contributed by atoms with Crippen LogP contribution < -0.4 is 5.32 Å². The predicted molar refractivity (Wildman–Crippen MR) is 97.5 cm³/mol. The lowest BCUT2D eigenvalue weighted by molar-refractivity contribution is -0.132. The van der Waals surface area contributed by atoms with Crippen LogP contribution in [-0.2, 0) is 4.79 Å². The van der Waals surface area contributed by atoms with E-state index >= 15 is 0 Å². The molecule has 6 nitrogen and oxygen atoms in total. The fraction of sp³-hybridized carbons (Fsp3) is 0.444. The fourth-order valence-corrected chi connectivity index (χ4v) is 3.89. The number of nitrogens with one attached hydrogen (secondary N) is 1. The molecule has 0 spiro atoms. The van der Waals surface area contributed by atoms with Gasteiger partial charge in [-0.3, -0.25) is 9.59 Å². The van der Waals surface area contributed by atoms with Gasteiger partial charge >= 0.3 is 0 Å². The molecule has 2 aromatic rings. The molecule has 3 rings (SSSR count). The van der Waals surface area contributed by atoms with Crippen LogP contribution in [0.25, 0.3) is 0 Å². The molecule has 8 heteroatoms. The van der Waals surface area contributed by atoms with Crippen molar-refractivity contribution in [3.63, 3.8) is 0 Å². The van der Waals surface area contributed by atoms with E-state index in [2.05, 4.69) is 22.4 Å². The average molecular weight is 376 g/mol. The monoisotopic (exact) mass is 376 g/mol. The van der Waals surface area contributed by atoms with Crippen LogP contribution in [0.2, 0.25) is 0 Å². The van der Waals surface area contributed by atoms with E-state index in [9.17, 15) is 14.0 Å².